The highest BCUT2D eigenvalue weighted by Crippen LogP contribution is 2.28. The number of hydrogen-bond donors (Lipinski definition) is 0. The summed E-state index contributed by atoms with van der Waals surface area (Å²) in [7, 11) is 0. The summed E-state index contributed by atoms with van der Waals surface area (Å²) in [6.45, 7) is 1.49. The highest BCUT2D eigenvalue weighted by molar-refractivity contribution is 5.60. The number of benzene rings is 1. The number of rotatable bonds is 2. The second-order valence-corrected chi connectivity index (χ2v) is 4.08. The molecule has 1 fully saturated rings. The van der Waals surface area contributed by atoms with Gasteiger partial charge in [-0.1, -0.05) is 18.2 Å². The zero-order valence-electron chi connectivity index (χ0n) is 9.14. The lowest BCUT2D eigenvalue weighted by Crippen LogP contribution is -2.24. The minimum absolute atomic E-state index is 0.349. The molecule has 0 aliphatic carbocycles. The van der Waals surface area contributed by atoms with Gasteiger partial charge in [0, 0.05) is 11.5 Å². The van der Waals surface area contributed by atoms with E-state index in [0.717, 1.165) is 18.8 Å². The Morgan fingerprint density at radius 2 is 2.18 bits per heavy atom. The first-order valence-electron chi connectivity index (χ1n) is 5.48. The molecule has 0 N–H and O–H groups in total. The molecule has 3 rings (SSSR count). The molecule has 2 heterocycles. The van der Waals surface area contributed by atoms with Crippen LogP contribution in [0.15, 0.2) is 36.8 Å². The molecule has 17 heavy (non-hydrogen) atoms. The Morgan fingerprint density at radius 1 is 1.29 bits per heavy atom. The molecular weight excluding hydrogens is 219 g/mol. The third-order valence-corrected chi connectivity index (χ3v) is 2.94. The molecule has 3 nitrogen and oxygen atoms in total. The van der Waals surface area contributed by atoms with Crippen molar-refractivity contribution in [3.8, 4) is 11.3 Å². The molecule has 1 aromatic carbocycles. The van der Waals surface area contributed by atoms with Gasteiger partial charge in [0.25, 0.3) is 0 Å². The average Bonchev–Trinajstić information content (AvgIpc) is 2.28. The van der Waals surface area contributed by atoms with Gasteiger partial charge >= 0.3 is 0 Å². The third kappa shape index (κ3) is 1.91. The molecule has 1 saturated heterocycles. The van der Waals surface area contributed by atoms with E-state index >= 15 is 0 Å². The molecule has 1 aromatic heterocycles. The van der Waals surface area contributed by atoms with E-state index in [1.165, 1.54) is 18.1 Å². The van der Waals surface area contributed by atoms with E-state index in [-0.39, 0.29) is 0 Å². The molecular formula is C13H11FN2O. The maximum Gasteiger partial charge on any atom is 0.167 e. The lowest BCUT2D eigenvalue weighted by atomic mass is 9.95. The summed E-state index contributed by atoms with van der Waals surface area (Å²) in [6, 6.07) is 7.79. The molecule has 0 amide bonds. The van der Waals surface area contributed by atoms with Crippen molar-refractivity contribution >= 4 is 0 Å². The van der Waals surface area contributed by atoms with Crippen LogP contribution in [0.1, 0.15) is 11.5 Å². The van der Waals surface area contributed by atoms with E-state index in [4.69, 9.17) is 4.74 Å². The minimum Gasteiger partial charge on any atom is -0.380 e. The molecule has 0 saturated carbocycles. The van der Waals surface area contributed by atoms with Gasteiger partial charge in [-0.3, -0.25) is 0 Å². The number of hydrogen-bond acceptors (Lipinski definition) is 3. The van der Waals surface area contributed by atoms with Crippen molar-refractivity contribution in [3.63, 3.8) is 0 Å². The van der Waals surface area contributed by atoms with Crippen molar-refractivity contribution in [1.29, 1.82) is 0 Å². The highest BCUT2D eigenvalue weighted by Gasteiger charge is 2.21. The van der Waals surface area contributed by atoms with E-state index in [9.17, 15) is 4.39 Å². The predicted molar refractivity (Wildman–Crippen MR) is 61.0 cm³/mol. The SMILES string of the molecule is Fc1cncnc1-c1cccc(C2COC2)c1. The number of nitrogens with zero attached hydrogens (tertiary/aromatic N) is 2. The Hall–Kier alpha value is -1.81. The van der Waals surface area contributed by atoms with Gasteiger partial charge < -0.3 is 4.74 Å². The molecule has 4 heteroatoms. The van der Waals surface area contributed by atoms with Gasteiger partial charge in [-0.25, -0.2) is 14.4 Å². The van der Waals surface area contributed by atoms with Crippen LogP contribution in [0, 0.1) is 5.82 Å². The Labute approximate surface area is 98.3 Å². The van der Waals surface area contributed by atoms with E-state index in [2.05, 4.69) is 9.97 Å². The van der Waals surface area contributed by atoms with Crippen LogP contribution in [-0.2, 0) is 4.74 Å². The Balaban J connectivity index is 2.00. The monoisotopic (exact) mass is 230 g/mol. The average molecular weight is 230 g/mol. The fourth-order valence-electron chi connectivity index (χ4n) is 1.89. The molecule has 0 unspecified atom stereocenters. The van der Waals surface area contributed by atoms with Gasteiger partial charge in [0.2, 0.25) is 0 Å². The minimum atomic E-state index is -0.394. The third-order valence-electron chi connectivity index (χ3n) is 2.94. The van der Waals surface area contributed by atoms with Crippen molar-refractivity contribution in [2.45, 2.75) is 5.92 Å². The van der Waals surface area contributed by atoms with E-state index in [0.29, 0.717) is 11.6 Å². The van der Waals surface area contributed by atoms with Crippen LogP contribution in [0.5, 0.6) is 0 Å². The lowest BCUT2D eigenvalue weighted by molar-refractivity contribution is 0.00844. The van der Waals surface area contributed by atoms with Gasteiger partial charge in [0.15, 0.2) is 5.82 Å². The summed E-state index contributed by atoms with van der Waals surface area (Å²) in [5.74, 6) is 0.0364. The summed E-state index contributed by atoms with van der Waals surface area (Å²) in [6.07, 6.45) is 2.54. The largest absolute Gasteiger partial charge is 0.380 e. The van der Waals surface area contributed by atoms with E-state index in [1.807, 2.05) is 24.3 Å². The Kier molecular flexibility index (Phi) is 2.57. The van der Waals surface area contributed by atoms with Gasteiger partial charge in [0.05, 0.1) is 19.4 Å². The molecule has 0 spiro atoms. The highest BCUT2D eigenvalue weighted by atomic mass is 19.1. The quantitative estimate of drug-likeness (QED) is 0.794. The molecule has 1 aliphatic heterocycles. The first-order valence-corrected chi connectivity index (χ1v) is 5.48. The predicted octanol–water partition coefficient (Wildman–Crippen LogP) is 2.40. The molecule has 1 aliphatic rings. The van der Waals surface area contributed by atoms with Crippen molar-refractivity contribution in [2.75, 3.05) is 13.2 Å². The maximum atomic E-state index is 13.6. The van der Waals surface area contributed by atoms with Crippen molar-refractivity contribution in [1.82, 2.24) is 9.97 Å². The van der Waals surface area contributed by atoms with Crippen LogP contribution in [0.25, 0.3) is 11.3 Å². The zero-order valence-corrected chi connectivity index (χ0v) is 9.14. The molecule has 86 valence electrons. The smallest absolute Gasteiger partial charge is 0.167 e. The van der Waals surface area contributed by atoms with Gasteiger partial charge in [-0.05, 0) is 11.6 Å². The van der Waals surface area contributed by atoms with Crippen LogP contribution < -0.4 is 0 Å². The second-order valence-electron chi connectivity index (χ2n) is 4.08. The fourth-order valence-corrected chi connectivity index (χ4v) is 1.89. The molecule has 2 aromatic rings. The number of halogens is 1. The normalized spacial score (nSPS) is 15.6. The molecule has 0 bridgehead atoms. The second kappa shape index (κ2) is 4.22. The van der Waals surface area contributed by atoms with Crippen LogP contribution in [0.2, 0.25) is 0 Å². The first-order chi connectivity index (χ1) is 8.34. The lowest BCUT2D eigenvalue weighted by Gasteiger charge is -2.26. The first kappa shape index (κ1) is 10.4. The van der Waals surface area contributed by atoms with Crippen molar-refractivity contribution in [2.24, 2.45) is 0 Å². The van der Waals surface area contributed by atoms with Gasteiger partial charge in [0.1, 0.15) is 12.0 Å². The summed E-state index contributed by atoms with van der Waals surface area (Å²) < 4.78 is 18.7. The number of ether oxygens (including phenoxy) is 1. The van der Waals surface area contributed by atoms with Crippen LogP contribution in [0.4, 0.5) is 4.39 Å². The Morgan fingerprint density at radius 3 is 2.88 bits per heavy atom. The maximum absolute atomic E-state index is 13.6. The molecule has 0 radical (unpaired) electrons. The van der Waals surface area contributed by atoms with E-state index in [1.54, 1.807) is 0 Å². The summed E-state index contributed by atoms with van der Waals surface area (Å²) in [5.41, 5.74) is 2.31. The molecule has 0 atom stereocenters. The van der Waals surface area contributed by atoms with E-state index < -0.39 is 5.82 Å². The summed E-state index contributed by atoms with van der Waals surface area (Å²) in [5, 5.41) is 0. The standard InChI is InChI=1S/C13H11FN2O/c14-12-5-15-8-16-13(12)10-3-1-2-9(4-10)11-6-17-7-11/h1-5,8,11H,6-7H2. The Bertz CT molecular complexity index is 540. The van der Waals surface area contributed by atoms with Gasteiger partial charge in [-0.2, -0.15) is 0 Å². The van der Waals surface area contributed by atoms with Gasteiger partial charge in [-0.15, -0.1) is 0 Å². The van der Waals surface area contributed by atoms with Crippen molar-refractivity contribution < 1.29 is 9.13 Å². The fraction of sp³-hybridized carbons (Fsp3) is 0.231. The summed E-state index contributed by atoms with van der Waals surface area (Å²) in [4.78, 5) is 7.62. The van der Waals surface area contributed by atoms with Crippen LogP contribution in [0.3, 0.4) is 0 Å². The van der Waals surface area contributed by atoms with Crippen LogP contribution in [-0.4, -0.2) is 23.2 Å². The zero-order chi connectivity index (χ0) is 11.7. The van der Waals surface area contributed by atoms with Crippen LogP contribution >= 0.6 is 0 Å². The summed E-state index contributed by atoms with van der Waals surface area (Å²) >= 11 is 0. The topological polar surface area (TPSA) is 35.0 Å². The van der Waals surface area contributed by atoms with Crippen molar-refractivity contribution in [3.05, 3.63) is 48.2 Å². The number of aromatic nitrogens is 2.